The van der Waals surface area contributed by atoms with E-state index in [9.17, 15) is 4.39 Å². The largest absolute Gasteiger partial charge is 0.206 e. The summed E-state index contributed by atoms with van der Waals surface area (Å²) in [6.07, 6.45) is 0. The zero-order valence-electron chi connectivity index (χ0n) is 6.34. The molecule has 2 aromatic rings. The van der Waals surface area contributed by atoms with Crippen LogP contribution in [-0.4, -0.2) is 0 Å². The summed E-state index contributed by atoms with van der Waals surface area (Å²) in [6, 6.07) is 4.91. The highest BCUT2D eigenvalue weighted by Gasteiger charge is 2.10. The summed E-state index contributed by atoms with van der Waals surface area (Å²) in [7, 11) is 0. The minimum Gasteiger partial charge on any atom is -0.206 e. The van der Waals surface area contributed by atoms with Gasteiger partial charge >= 0.3 is 0 Å². The van der Waals surface area contributed by atoms with Crippen LogP contribution < -0.4 is 0 Å². The lowest BCUT2D eigenvalue weighted by Crippen LogP contribution is -1.80. The van der Waals surface area contributed by atoms with Crippen LogP contribution in [0.5, 0.6) is 0 Å². The first-order chi connectivity index (χ1) is 6.24. The van der Waals surface area contributed by atoms with Crippen molar-refractivity contribution in [3.8, 4) is 6.07 Å². The van der Waals surface area contributed by atoms with Crippen LogP contribution in [-0.2, 0) is 0 Å². The minimum atomic E-state index is -0.250. The van der Waals surface area contributed by atoms with Gasteiger partial charge in [0.05, 0.1) is 10.3 Å². The Morgan fingerprint density at radius 1 is 1.46 bits per heavy atom. The van der Waals surface area contributed by atoms with E-state index in [1.54, 1.807) is 0 Å². The predicted octanol–water partition coefficient (Wildman–Crippen LogP) is 3.52. The van der Waals surface area contributed by atoms with Crippen LogP contribution >= 0.6 is 33.9 Å². The van der Waals surface area contributed by atoms with E-state index < -0.39 is 0 Å². The van der Waals surface area contributed by atoms with Gasteiger partial charge in [0.25, 0.3) is 0 Å². The molecule has 0 saturated heterocycles. The highest BCUT2D eigenvalue weighted by atomic mass is 127. The first-order valence-electron chi connectivity index (χ1n) is 3.49. The Morgan fingerprint density at radius 3 is 2.92 bits per heavy atom. The molecule has 4 heteroatoms. The summed E-state index contributed by atoms with van der Waals surface area (Å²) >= 11 is 3.48. The van der Waals surface area contributed by atoms with Crippen molar-refractivity contribution in [1.29, 1.82) is 5.26 Å². The molecule has 1 nitrogen and oxygen atoms in total. The molecule has 0 amide bonds. The monoisotopic (exact) mass is 303 g/mol. The molecule has 0 spiro atoms. The van der Waals surface area contributed by atoms with Crippen molar-refractivity contribution in [2.45, 2.75) is 0 Å². The molecule has 0 atom stereocenters. The molecule has 13 heavy (non-hydrogen) atoms. The summed E-state index contributed by atoms with van der Waals surface area (Å²) in [5.41, 5.74) is 0.546. The molecule has 1 aromatic heterocycles. The fourth-order valence-corrected chi connectivity index (χ4v) is 3.16. The number of rotatable bonds is 0. The predicted molar refractivity (Wildman–Crippen MR) is 59.2 cm³/mol. The second kappa shape index (κ2) is 3.24. The van der Waals surface area contributed by atoms with Crippen LogP contribution in [0.25, 0.3) is 10.1 Å². The molecule has 0 aliphatic carbocycles. The molecule has 2 rings (SSSR count). The van der Waals surface area contributed by atoms with E-state index in [-0.39, 0.29) is 5.82 Å². The first-order valence-corrected chi connectivity index (χ1v) is 5.45. The van der Waals surface area contributed by atoms with E-state index in [0.717, 1.165) is 8.27 Å². The van der Waals surface area contributed by atoms with Crippen LogP contribution in [0.3, 0.4) is 0 Å². The van der Waals surface area contributed by atoms with E-state index in [1.165, 1.54) is 23.5 Å². The Balaban J connectivity index is 2.97. The van der Waals surface area contributed by atoms with Gasteiger partial charge in [0.2, 0.25) is 0 Å². The molecule has 1 aromatic carbocycles. The Morgan fingerprint density at radius 2 is 2.23 bits per heavy atom. The van der Waals surface area contributed by atoms with Crippen LogP contribution in [0, 0.1) is 20.7 Å². The van der Waals surface area contributed by atoms with Gasteiger partial charge in [0.1, 0.15) is 11.9 Å². The van der Waals surface area contributed by atoms with Crippen molar-refractivity contribution in [3.05, 3.63) is 32.5 Å². The zero-order valence-corrected chi connectivity index (χ0v) is 9.32. The summed E-state index contributed by atoms with van der Waals surface area (Å²) in [6.45, 7) is 0. The van der Waals surface area contributed by atoms with Crippen molar-refractivity contribution in [1.82, 2.24) is 0 Å². The Labute approximate surface area is 91.9 Å². The fraction of sp³-hybridized carbons (Fsp3) is 0. The van der Waals surface area contributed by atoms with E-state index in [1.807, 2.05) is 5.38 Å². The number of hydrogen-bond acceptors (Lipinski definition) is 2. The molecule has 0 unspecified atom stereocenters. The molecular weight excluding hydrogens is 300 g/mol. The quantitative estimate of drug-likeness (QED) is 0.683. The summed E-state index contributed by atoms with van der Waals surface area (Å²) in [4.78, 5) is 0. The second-order valence-corrected chi connectivity index (χ2v) is 4.54. The summed E-state index contributed by atoms with van der Waals surface area (Å²) < 4.78 is 14.9. The number of hydrogen-bond donors (Lipinski definition) is 0. The Hall–Kier alpha value is -0.670. The highest BCUT2D eigenvalue weighted by Crippen LogP contribution is 2.31. The molecular formula is C9H3FINS. The van der Waals surface area contributed by atoms with Crippen LogP contribution in [0.4, 0.5) is 4.39 Å². The third kappa shape index (κ3) is 1.32. The maximum atomic E-state index is 13.3. The zero-order chi connectivity index (χ0) is 9.42. The number of benzene rings is 1. The van der Waals surface area contributed by atoms with Crippen LogP contribution in [0.2, 0.25) is 0 Å². The molecule has 0 fully saturated rings. The van der Waals surface area contributed by atoms with Gasteiger partial charge in [-0.1, -0.05) is 0 Å². The maximum absolute atomic E-state index is 13.3. The molecule has 1 heterocycles. The SMILES string of the molecule is N#Cc1ccc(F)c2c(I)csc12. The van der Waals surface area contributed by atoms with Crippen molar-refractivity contribution in [2.24, 2.45) is 0 Å². The van der Waals surface area contributed by atoms with Gasteiger partial charge in [-0.05, 0) is 34.7 Å². The third-order valence-corrected chi connectivity index (χ3v) is 4.03. The topological polar surface area (TPSA) is 23.8 Å². The molecule has 0 N–H and O–H groups in total. The number of nitrogens with zero attached hydrogens (tertiary/aromatic N) is 1. The van der Waals surface area contributed by atoms with Gasteiger partial charge in [-0.2, -0.15) is 5.26 Å². The van der Waals surface area contributed by atoms with Gasteiger partial charge in [0, 0.05) is 14.3 Å². The van der Waals surface area contributed by atoms with Gasteiger partial charge in [-0.25, -0.2) is 4.39 Å². The Bertz CT molecular complexity index is 512. The number of fused-ring (bicyclic) bond motifs is 1. The normalized spacial score (nSPS) is 10.2. The molecule has 0 bridgehead atoms. The van der Waals surface area contributed by atoms with Gasteiger partial charge < -0.3 is 0 Å². The molecule has 64 valence electrons. The maximum Gasteiger partial charge on any atom is 0.133 e. The van der Waals surface area contributed by atoms with E-state index >= 15 is 0 Å². The van der Waals surface area contributed by atoms with Gasteiger partial charge in [0.15, 0.2) is 0 Å². The number of halogens is 2. The Kier molecular flexibility index (Phi) is 2.22. The van der Waals surface area contributed by atoms with Crippen molar-refractivity contribution < 1.29 is 4.39 Å². The van der Waals surface area contributed by atoms with Crippen LogP contribution in [0.15, 0.2) is 17.5 Å². The standard InChI is InChI=1S/C9H3FINS/c10-6-2-1-5(3-12)9-8(6)7(11)4-13-9/h1-2,4H. The second-order valence-electron chi connectivity index (χ2n) is 2.49. The molecule has 0 aliphatic rings. The average molecular weight is 303 g/mol. The summed E-state index contributed by atoms with van der Waals surface area (Å²) in [5, 5.41) is 11.2. The molecule has 0 saturated carbocycles. The van der Waals surface area contributed by atoms with Gasteiger partial charge in [-0.15, -0.1) is 11.3 Å². The van der Waals surface area contributed by atoms with E-state index in [4.69, 9.17) is 5.26 Å². The third-order valence-electron chi connectivity index (χ3n) is 1.75. The minimum absolute atomic E-state index is 0.250. The summed E-state index contributed by atoms with van der Waals surface area (Å²) in [5.74, 6) is -0.250. The van der Waals surface area contributed by atoms with Crippen molar-refractivity contribution >= 4 is 44.0 Å². The van der Waals surface area contributed by atoms with Crippen LogP contribution in [0.1, 0.15) is 5.56 Å². The lowest BCUT2D eigenvalue weighted by molar-refractivity contribution is 0.639. The van der Waals surface area contributed by atoms with Crippen molar-refractivity contribution in [3.63, 3.8) is 0 Å². The smallest absolute Gasteiger partial charge is 0.133 e. The van der Waals surface area contributed by atoms with Crippen molar-refractivity contribution in [2.75, 3.05) is 0 Å². The fourth-order valence-electron chi connectivity index (χ4n) is 1.16. The molecule has 0 aliphatic heterocycles. The van der Waals surface area contributed by atoms with E-state index in [0.29, 0.717) is 10.9 Å². The van der Waals surface area contributed by atoms with E-state index in [2.05, 4.69) is 28.7 Å². The lowest BCUT2D eigenvalue weighted by atomic mass is 10.2. The highest BCUT2D eigenvalue weighted by molar-refractivity contribution is 14.1. The molecule has 0 radical (unpaired) electrons. The lowest BCUT2D eigenvalue weighted by Gasteiger charge is -1.94. The van der Waals surface area contributed by atoms with Gasteiger partial charge in [-0.3, -0.25) is 0 Å². The number of thiophene rings is 1. The average Bonchev–Trinajstić information content (AvgIpc) is 2.50. The first kappa shape index (κ1) is 8.91. The number of nitriles is 1.